The van der Waals surface area contributed by atoms with E-state index in [1.165, 1.54) is 38.5 Å². The first-order valence-corrected chi connectivity index (χ1v) is 9.06. The van der Waals surface area contributed by atoms with Crippen LogP contribution in [0.2, 0.25) is 0 Å². The molecule has 0 rings (SSSR count). The van der Waals surface area contributed by atoms with Crippen LogP contribution in [0.25, 0.3) is 0 Å². The van der Waals surface area contributed by atoms with E-state index in [1.54, 1.807) is 0 Å². The van der Waals surface area contributed by atoms with Crippen LogP contribution in [0, 0.1) is 0 Å². The molecule has 1 radical (unpaired) electrons. The summed E-state index contributed by atoms with van der Waals surface area (Å²) in [6, 6.07) is 0. The van der Waals surface area contributed by atoms with E-state index >= 15 is 0 Å². The molecule has 0 aliphatic carbocycles. The number of hydrogen-bond donors (Lipinski definition) is 2. The zero-order valence-corrected chi connectivity index (χ0v) is 15.0. The van der Waals surface area contributed by atoms with Gasteiger partial charge in [-0.3, -0.25) is 4.79 Å². The maximum absolute atomic E-state index is 10.3. The number of hydrogen-bond acceptors (Lipinski definition) is 2. The molecule has 0 fully saturated rings. The molecule has 22 heavy (non-hydrogen) atoms. The van der Waals surface area contributed by atoms with E-state index in [0.29, 0.717) is 6.42 Å². The van der Waals surface area contributed by atoms with Crippen LogP contribution in [-0.2, 0) is 4.79 Å². The van der Waals surface area contributed by atoms with Crippen molar-refractivity contribution in [2.45, 2.75) is 109 Å². The smallest absolute Gasteiger partial charge is 0.303 e. The second kappa shape index (κ2) is 19.1. The summed E-state index contributed by atoms with van der Waals surface area (Å²) in [5.74, 6) is -0.694. The predicted molar refractivity (Wildman–Crippen MR) is 94.3 cm³/mol. The van der Waals surface area contributed by atoms with Crippen LogP contribution in [-0.4, -0.2) is 41.1 Å². The molecule has 1 unspecified atom stereocenters. The summed E-state index contributed by atoms with van der Waals surface area (Å²) in [5, 5.41) is 18.4. The average Bonchev–Trinajstić information content (AvgIpc) is 2.45. The third-order valence-corrected chi connectivity index (χ3v) is 4.07. The van der Waals surface area contributed by atoms with Crippen molar-refractivity contribution in [3.05, 3.63) is 0 Å². The van der Waals surface area contributed by atoms with Crippen molar-refractivity contribution in [1.82, 2.24) is 0 Å². The molecular formula is C18H36LiO3. The van der Waals surface area contributed by atoms with Gasteiger partial charge in [0.05, 0.1) is 6.10 Å². The quantitative estimate of drug-likeness (QED) is 0.314. The Balaban J connectivity index is 0. The van der Waals surface area contributed by atoms with E-state index < -0.39 is 5.97 Å². The van der Waals surface area contributed by atoms with Gasteiger partial charge in [-0.15, -0.1) is 0 Å². The molecule has 0 bridgehead atoms. The number of aliphatic carboxylic acids is 1. The van der Waals surface area contributed by atoms with Crippen LogP contribution in [0.3, 0.4) is 0 Å². The van der Waals surface area contributed by atoms with E-state index in [-0.39, 0.29) is 25.0 Å². The Hall–Kier alpha value is 0.0274. The fraction of sp³-hybridized carbons (Fsp3) is 0.944. The minimum Gasteiger partial charge on any atom is -0.481 e. The largest absolute Gasteiger partial charge is 0.481 e. The van der Waals surface area contributed by atoms with Gasteiger partial charge >= 0.3 is 5.97 Å². The standard InChI is InChI=1S/C18H36O3.Li/c1-2-3-4-5-6-8-11-14-17(19)15-12-9-7-10-13-16-18(20)21;/h17,19H,2-16H2,1H3,(H,20,21);. The first-order valence-electron chi connectivity index (χ1n) is 9.06. The van der Waals surface area contributed by atoms with Gasteiger partial charge in [0.2, 0.25) is 0 Å². The van der Waals surface area contributed by atoms with Crippen LogP contribution in [0.1, 0.15) is 103 Å². The molecule has 127 valence electrons. The molecule has 1 atom stereocenters. The van der Waals surface area contributed by atoms with Crippen LogP contribution in [0.4, 0.5) is 0 Å². The Morgan fingerprint density at radius 2 is 1.18 bits per heavy atom. The maximum Gasteiger partial charge on any atom is 0.303 e. The topological polar surface area (TPSA) is 57.5 Å². The minimum absolute atomic E-state index is 0. The van der Waals surface area contributed by atoms with Crippen LogP contribution >= 0.6 is 0 Å². The molecule has 0 aliphatic heterocycles. The molecule has 0 saturated carbocycles. The number of carbonyl (C=O) groups is 1. The van der Waals surface area contributed by atoms with Gasteiger partial charge < -0.3 is 10.2 Å². The number of rotatable bonds is 16. The predicted octanol–water partition coefficient (Wildman–Crippen LogP) is 4.92. The minimum atomic E-state index is -0.694. The second-order valence-electron chi connectivity index (χ2n) is 6.26. The summed E-state index contributed by atoms with van der Waals surface area (Å²) in [4.78, 5) is 10.3. The molecule has 0 aromatic heterocycles. The van der Waals surface area contributed by atoms with E-state index in [4.69, 9.17) is 5.11 Å². The molecule has 0 amide bonds. The Labute approximate surface area is 149 Å². The van der Waals surface area contributed by atoms with Gasteiger partial charge in [0.15, 0.2) is 0 Å². The third kappa shape index (κ3) is 20.0. The van der Waals surface area contributed by atoms with Gasteiger partial charge in [-0.25, -0.2) is 0 Å². The van der Waals surface area contributed by atoms with Crippen LogP contribution in [0.5, 0.6) is 0 Å². The molecule has 0 aliphatic rings. The van der Waals surface area contributed by atoms with Gasteiger partial charge in [0.1, 0.15) is 0 Å². The van der Waals surface area contributed by atoms with Crippen molar-refractivity contribution < 1.29 is 15.0 Å². The summed E-state index contributed by atoms with van der Waals surface area (Å²) in [6.45, 7) is 2.24. The van der Waals surface area contributed by atoms with E-state index in [2.05, 4.69) is 6.92 Å². The number of unbranched alkanes of at least 4 members (excludes halogenated alkanes) is 10. The molecule has 2 N–H and O–H groups in total. The van der Waals surface area contributed by atoms with Crippen LogP contribution < -0.4 is 0 Å². The van der Waals surface area contributed by atoms with E-state index in [0.717, 1.165) is 51.4 Å². The van der Waals surface area contributed by atoms with Gasteiger partial charge in [0, 0.05) is 25.3 Å². The molecule has 0 heterocycles. The number of aliphatic hydroxyl groups excluding tert-OH is 1. The summed E-state index contributed by atoms with van der Waals surface area (Å²) in [6.07, 6.45) is 16.2. The van der Waals surface area contributed by atoms with Crippen molar-refractivity contribution in [1.29, 1.82) is 0 Å². The summed E-state index contributed by atoms with van der Waals surface area (Å²) in [7, 11) is 0. The number of carboxylic acids is 1. The van der Waals surface area contributed by atoms with E-state index in [9.17, 15) is 9.90 Å². The van der Waals surface area contributed by atoms with Crippen LogP contribution in [0.15, 0.2) is 0 Å². The first-order chi connectivity index (χ1) is 10.2. The van der Waals surface area contributed by atoms with Crippen molar-refractivity contribution in [2.24, 2.45) is 0 Å². The normalized spacial score (nSPS) is 11.9. The Morgan fingerprint density at radius 3 is 1.64 bits per heavy atom. The summed E-state index contributed by atoms with van der Waals surface area (Å²) >= 11 is 0. The van der Waals surface area contributed by atoms with Gasteiger partial charge in [0.25, 0.3) is 0 Å². The molecule has 4 heteroatoms. The zero-order valence-electron chi connectivity index (χ0n) is 15.0. The van der Waals surface area contributed by atoms with Gasteiger partial charge in [-0.1, -0.05) is 77.6 Å². The third-order valence-electron chi connectivity index (χ3n) is 4.07. The summed E-state index contributed by atoms with van der Waals surface area (Å²) in [5.41, 5.74) is 0. The SMILES string of the molecule is CCCCCCCCCC(O)CCCCCCCC(=O)O.[Li]. The number of carboxylic acid groups (broad SMARTS) is 1. The first kappa shape index (κ1) is 24.3. The number of aliphatic hydroxyl groups is 1. The zero-order chi connectivity index (χ0) is 15.8. The Bertz CT molecular complexity index is 234. The van der Waals surface area contributed by atoms with Gasteiger partial charge in [-0.2, -0.15) is 0 Å². The van der Waals surface area contributed by atoms with E-state index in [1.807, 2.05) is 0 Å². The molecule has 0 aromatic carbocycles. The second-order valence-corrected chi connectivity index (χ2v) is 6.26. The molecule has 0 aromatic rings. The Kier molecular flexibility index (Phi) is 21.1. The van der Waals surface area contributed by atoms with Crippen molar-refractivity contribution in [3.63, 3.8) is 0 Å². The molecule has 0 saturated heterocycles. The fourth-order valence-corrected chi connectivity index (χ4v) is 2.67. The average molecular weight is 307 g/mol. The Morgan fingerprint density at radius 1 is 0.773 bits per heavy atom. The van der Waals surface area contributed by atoms with Crippen molar-refractivity contribution in [3.8, 4) is 0 Å². The molecule has 3 nitrogen and oxygen atoms in total. The van der Waals surface area contributed by atoms with Crippen molar-refractivity contribution >= 4 is 24.8 Å². The van der Waals surface area contributed by atoms with Gasteiger partial charge in [-0.05, 0) is 19.3 Å². The maximum atomic E-state index is 10.3. The monoisotopic (exact) mass is 307 g/mol. The molecule has 0 spiro atoms. The summed E-state index contributed by atoms with van der Waals surface area (Å²) < 4.78 is 0. The fourth-order valence-electron chi connectivity index (χ4n) is 2.67. The van der Waals surface area contributed by atoms with Crippen molar-refractivity contribution in [2.75, 3.05) is 0 Å². The molecular weight excluding hydrogens is 271 g/mol.